The quantitative estimate of drug-likeness (QED) is 0.661. The molecule has 3 rings (SSSR count). The maximum absolute atomic E-state index is 11.7. The van der Waals surface area contributed by atoms with Crippen molar-refractivity contribution in [2.45, 2.75) is 19.3 Å². The van der Waals surface area contributed by atoms with Crippen LogP contribution in [0.4, 0.5) is 5.69 Å². The fraction of sp³-hybridized carbons (Fsp3) is 0.231. The van der Waals surface area contributed by atoms with E-state index in [9.17, 15) is 14.9 Å². The van der Waals surface area contributed by atoms with Crippen LogP contribution in [0.3, 0.4) is 0 Å². The Kier molecular flexibility index (Phi) is 2.63. The van der Waals surface area contributed by atoms with Gasteiger partial charge in [-0.2, -0.15) is 0 Å². The minimum Gasteiger partial charge on any atom is -0.341 e. The molecule has 0 aliphatic heterocycles. The van der Waals surface area contributed by atoms with Crippen LogP contribution in [0.15, 0.2) is 24.3 Å². The fourth-order valence-corrected chi connectivity index (χ4v) is 2.27. The van der Waals surface area contributed by atoms with Gasteiger partial charge in [0.2, 0.25) is 0 Å². The molecule has 1 N–H and O–H groups in total. The summed E-state index contributed by atoms with van der Waals surface area (Å²) < 4.78 is 0. The van der Waals surface area contributed by atoms with Crippen LogP contribution in [-0.4, -0.2) is 20.7 Å². The number of carbonyl (C=O) groups is 1. The summed E-state index contributed by atoms with van der Waals surface area (Å²) >= 11 is 0. The zero-order valence-corrected chi connectivity index (χ0v) is 10.0. The van der Waals surface area contributed by atoms with E-state index >= 15 is 0 Å². The molecular weight excluding hydrogens is 246 g/mol. The molecular formula is C13H11N3O3. The number of fused-ring (bicyclic) bond motifs is 1. The Hall–Kier alpha value is -2.50. The lowest BCUT2D eigenvalue weighted by molar-refractivity contribution is -0.384. The normalized spacial score (nSPS) is 14.2. The summed E-state index contributed by atoms with van der Waals surface area (Å²) in [6.07, 6.45) is 2.14. The molecule has 1 aliphatic rings. The average molecular weight is 257 g/mol. The Labute approximate surface area is 108 Å². The Bertz CT molecular complexity index is 676. The maximum atomic E-state index is 11.7. The van der Waals surface area contributed by atoms with Crippen LogP contribution in [-0.2, 0) is 6.42 Å². The predicted molar refractivity (Wildman–Crippen MR) is 67.9 cm³/mol. The molecule has 0 saturated carbocycles. The molecule has 2 aromatic rings. The number of benzene rings is 1. The third-order valence-corrected chi connectivity index (χ3v) is 3.20. The number of Topliss-reactive ketones (excluding diaryl/α,β-unsaturated/α-hetero) is 1. The highest BCUT2D eigenvalue weighted by Gasteiger charge is 2.22. The molecule has 1 heterocycles. The molecule has 1 aromatic carbocycles. The molecule has 6 heteroatoms. The number of H-pyrrole nitrogens is 1. The van der Waals surface area contributed by atoms with Gasteiger partial charge in [0, 0.05) is 29.8 Å². The number of nitro benzene ring substituents is 1. The zero-order chi connectivity index (χ0) is 13.4. The van der Waals surface area contributed by atoms with Crippen molar-refractivity contribution in [3.05, 3.63) is 45.8 Å². The highest BCUT2D eigenvalue weighted by atomic mass is 16.6. The topological polar surface area (TPSA) is 88.9 Å². The van der Waals surface area contributed by atoms with Gasteiger partial charge in [0.05, 0.1) is 4.92 Å². The highest BCUT2D eigenvalue weighted by Crippen LogP contribution is 2.26. The molecule has 0 spiro atoms. The third-order valence-electron chi connectivity index (χ3n) is 3.20. The first kappa shape index (κ1) is 11.6. The number of hydrogen-bond donors (Lipinski definition) is 1. The SMILES string of the molecule is O=C1CCCc2[nH]c(-c3cccc([N+](=O)[O-])c3)nc21. The lowest BCUT2D eigenvalue weighted by Crippen LogP contribution is -2.09. The Morgan fingerprint density at radius 3 is 2.89 bits per heavy atom. The number of nitrogens with one attached hydrogen (secondary N) is 1. The second kappa shape index (κ2) is 4.31. The molecule has 96 valence electrons. The van der Waals surface area contributed by atoms with Crippen molar-refractivity contribution in [1.29, 1.82) is 0 Å². The summed E-state index contributed by atoms with van der Waals surface area (Å²) in [6.45, 7) is 0. The van der Waals surface area contributed by atoms with Crippen molar-refractivity contribution in [3.8, 4) is 11.4 Å². The van der Waals surface area contributed by atoms with E-state index in [1.54, 1.807) is 12.1 Å². The first-order chi connectivity index (χ1) is 9.15. The van der Waals surface area contributed by atoms with Crippen LogP contribution in [0.25, 0.3) is 11.4 Å². The molecule has 0 unspecified atom stereocenters. The number of hydrogen-bond acceptors (Lipinski definition) is 4. The predicted octanol–water partition coefficient (Wildman–Crippen LogP) is 2.50. The van der Waals surface area contributed by atoms with E-state index in [1.165, 1.54) is 12.1 Å². The van der Waals surface area contributed by atoms with Crippen molar-refractivity contribution in [2.75, 3.05) is 0 Å². The van der Waals surface area contributed by atoms with Crippen LogP contribution >= 0.6 is 0 Å². The number of rotatable bonds is 2. The van der Waals surface area contributed by atoms with Crippen molar-refractivity contribution in [1.82, 2.24) is 9.97 Å². The first-order valence-electron chi connectivity index (χ1n) is 6.02. The van der Waals surface area contributed by atoms with Crippen LogP contribution < -0.4 is 0 Å². The Morgan fingerprint density at radius 2 is 2.16 bits per heavy atom. The van der Waals surface area contributed by atoms with E-state index in [4.69, 9.17) is 0 Å². The lowest BCUT2D eigenvalue weighted by atomic mass is 10.0. The monoisotopic (exact) mass is 257 g/mol. The van der Waals surface area contributed by atoms with E-state index in [1.807, 2.05) is 0 Å². The number of imidazole rings is 1. The molecule has 0 bridgehead atoms. The van der Waals surface area contributed by atoms with Gasteiger partial charge >= 0.3 is 0 Å². The lowest BCUT2D eigenvalue weighted by Gasteiger charge is -2.06. The summed E-state index contributed by atoms with van der Waals surface area (Å²) in [5, 5.41) is 10.8. The Morgan fingerprint density at radius 1 is 1.32 bits per heavy atom. The van der Waals surface area contributed by atoms with Gasteiger partial charge in [-0.3, -0.25) is 14.9 Å². The van der Waals surface area contributed by atoms with Crippen molar-refractivity contribution < 1.29 is 9.72 Å². The largest absolute Gasteiger partial charge is 0.341 e. The summed E-state index contributed by atoms with van der Waals surface area (Å²) in [4.78, 5) is 29.4. The molecule has 1 aromatic heterocycles. The van der Waals surface area contributed by atoms with E-state index in [-0.39, 0.29) is 11.5 Å². The molecule has 19 heavy (non-hydrogen) atoms. The first-order valence-corrected chi connectivity index (χ1v) is 6.02. The molecule has 0 fully saturated rings. The number of aryl methyl sites for hydroxylation is 1. The average Bonchev–Trinajstić information content (AvgIpc) is 2.84. The molecule has 6 nitrogen and oxygen atoms in total. The van der Waals surface area contributed by atoms with Gasteiger partial charge in [-0.15, -0.1) is 0 Å². The molecule has 0 radical (unpaired) electrons. The van der Waals surface area contributed by atoms with Gasteiger partial charge in [0.25, 0.3) is 5.69 Å². The van der Waals surface area contributed by atoms with E-state index < -0.39 is 4.92 Å². The van der Waals surface area contributed by atoms with Crippen molar-refractivity contribution in [2.24, 2.45) is 0 Å². The van der Waals surface area contributed by atoms with Gasteiger partial charge in [-0.25, -0.2) is 4.98 Å². The minimum absolute atomic E-state index is 0.0122. The number of aromatic nitrogens is 2. The number of ketones is 1. The van der Waals surface area contributed by atoms with Gasteiger partial charge in [0.1, 0.15) is 11.5 Å². The van der Waals surface area contributed by atoms with E-state index in [0.717, 1.165) is 18.5 Å². The second-order valence-electron chi connectivity index (χ2n) is 4.50. The van der Waals surface area contributed by atoms with E-state index in [0.29, 0.717) is 23.5 Å². The van der Waals surface area contributed by atoms with Gasteiger partial charge in [-0.05, 0) is 12.8 Å². The number of nitro groups is 1. The summed E-state index contributed by atoms with van der Waals surface area (Å²) in [7, 11) is 0. The summed E-state index contributed by atoms with van der Waals surface area (Å²) in [5.74, 6) is 0.554. The molecule has 0 saturated heterocycles. The van der Waals surface area contributed by atoms with Gasteiger partial charge in [0.15, 0.2) is 5.78 Å². The summed E-state index contributed by atoms with van der Waals surface area (Å²) in [6, 6.07) is 6.23. The number of carbonyl (C=O) groups excluding carboxylic acids is 1. The number of nitrogens with zero attached hydrogens (tertiary/aromatic N) is 2. The summed E-state index contributed by atoms with van der Waals surface area (Å²) in [5.41, 5.74) is 1.94. The highest BCUT2D eigenvalue weighted by molar-refractivity contribution is 5.96. The standard InChI is InChI=1S/C13H11N3O3/c17-11-6-2-5-10-12(11)15-13(14-10)8-3-1-4-9(7-8)16(18)19/h1,3-4,7H,2,5-6H2,(H,14,15). The van der Waals surface area contributed by atoms with E-state index in [2.05, 4.69) is 9.97 Å². The maximum Gasteiger partial charge on any atom is 0.270 e. The van der Waals surface area contributed by atoms with Crippen LogP contribution in [0.2, 0.25) is 0 Å². The third kappa shape index (κ3) is 2.01. The van der Waals surface area contributed by atoms with Gasteiger partial charge < -0.3 is 4.98 Å². The zero-order valence-electron chi connectivity index (χ0n) is 10.0. The Balaban J connectivity index is 2.05. The van der Waals surface area contributed by atoms with Crippen LogP contribution in [0.5, 0.6) is 0 Å². The molecule has 0 amide bonds. The molecule has 0 atom stereocenters. The van der Waals surface area contributed by atoms with Crippen molar-refractivity contribution in [3.63, 3.8) is 0 Å². The second-order valence-corrected chi connectivity index (χ2v) is 4.50. The van der Waals surface area contributed by atoms with Gasteiger partial charge in [-0.1, -0.05) is 12.1 Å². The fourth-order valence-electron chi connectivity index (χ4n) is 2.27. The number of aromatic amines is 1. The number of non-ortho nitro benzene ring substituents is 1. The smallest absolute Gasteiger partial charge is 0.270 e. The van der Waals surface area contributed by atoms with Crippen LogP contribution in [0.1, 0.15) is 29.0 Å². The van der Waals surface area contributed by atoms with Crippen molar-refractivity contribution >= 4 is 11.5 Å². The minimum atomic E-state index is -0.447. The van der Waals surface area contributed by atoms with Crippen LogP contribution in [0, 0.1) is 10.1 Å². The molecule has 1 aliphatic carbocycles.